The minimum atomic E-state index is -0.919. The fraction of sp³-hybridized carbons (Fsp3) is 0.222. The van der Waals surface area contributed by atoms with Gasteiger partial charge in [-0.05, 0) is 36.2 Å². The van der Waals surface area contributed by atoms with E-state index in [1.807, 2.05) is 6.07 Å². The third-order valence-electron chi connectivity index (χ3n) is 3.48. The Balaban J connectivity index is 1.86. The number of ether oxygens (including phenoxy) is 2. The molecule has 0 aromatic heterocycles. The van der Waals surface area contributed by atoms with Gasteiger partial charge in [0.2, 0.25) is 0 Å². The van der Waals surface area contributed by atoms with Crippen LogP contribution in [0.4, 0.5) is 10.1 Å². The van der Waals surface area contributed by atoms with Crippen LogP contribution in [0.1, 0.15) is 5.56 Å². The van der Waals surface area contributed by atoms with Gasteiger partial charge in [0.05, 0.1) is 19.9 Å². The zero-order chi connectivity index (χ0) is 18.2. The van der Waals surface area contributed by atoms with Gasteiger partial charge >= 0.3 is 11.8 Å². The molecule has 0 spiro atoms. The van der Waals surface area contributed by atoms with E-state index in [1.165, 1.54) is 25.3 Å². The molecule has 0 unspecified atom stereocenters. The molecule has 6 nitrogen and oxygen atoms in total. The monoisotopic (exact) mass is 346 g/mol. The average molecular weight is 346 g/mol. The largest absolute Gasteiger partial charge is 0.493 e. The molecular weight excluding hydrogens is 327 g/mol. The third-order valence-corrected chi connectivity index (χ3v) is 3.48. The van der Waals surface area contributed by atoms with E-state index in [2.05, 4.69) is 10.6 Å². The zero-order valence-corrected chi connectivity index (χ0v) is 14.0. The number of halogens is 1. The summed E-state index contributed by atoms with van der Waals surface area (Å²) in [7, 11) is 3.09. The Morgan fingerprint density at radius 2 is 1.72 bits per heavy atom. The van der Waals surface area contributed by atoms with Crippen molar-refractivity contribution in [3.8, 4) is 11.5 Å². The summed E-state index contributed by atoms with van der Waals surface area (Å²) >= 11 is 0. The lowest BCUT2D eigenvalue weighted by molar-refractivity contribution is -0.136. The number of amides is 2. The standard InChI is InChI=1S/C18H19FN2O4/c1-24-15-8-7-12(11-16(15)25-2)9-10-20-17(22)18(23)21-14-6-4-3-5-13(14)19/h3-8,11H,9-10H2,1-2H3,(H,20,22)(H,21,23). The Kier molecular flexibility index (Phi) is 6.33. The Hall–Kier alpha value is -3.09. The minimum Gasteiger partial charge on any atom is -0.493 e. The molecule has 132 valence electrons. The van der Waals surface area contributed by atoms with Crippen LogP contribution in [-0.2, 0) is 16.0 Å². The summed E-state index contributed by atoms with van der Waals surface area (Å²) in [6, 6.07) is 11.0. The first-order valence-electron chi connectivity index (χ1n) is 7.59. The number of nitrogens with one attached hydrogen (secondary N) is 2. The second kappa shape index (κ2) is 8.68. The van der Waals surface area contributed by atoms with E-state index in [-0.39, 0.29) is 12.2 Å². The highest BCUT2D eigenvalue weighted by molar-refractivity contribution is 6.39. The molecule has 0 radical (unpaired) electrons. The van der Waals surface area contributed by atoms with Crippen LogP contribution in [-0.4, -0.2) is 32.6 Å². The highest BCUT2D eigenvalue weighted by Gasteiger charge is 2.15. The van der Waals surface area contributed by atoms with Gasteiger partial charge in [0.1, 0.15) is 5.82 Å². The molecule has 2 rings (SSSR count). The molecule has 25 heavy (non-hydrogen) atoms. The van der Waals surface area contributed by atoms with Crippen molar-refractivity contribution in [3.05, 3.63) is 53.8 Å². The van der Waals surface area contributed by atoms with Crippen molar-refractivity contribution in [1.29, 1.82) is 0 Å². The van der Waals surface area contributed by atoms with E-state index in [9.17, 15) is 14.0 Å². The van der Waals surface area contributed by atoms with Crippen molar-refractivity contribution in [2.24, 2.45) is 0 Å². The SMILES string of the molecule is COc1ccc(CCNC(=O)C(=O)Nc2ccccc2F)cc1OC. The number of hydrogen-bond donors (Lipinski definition) is 2. The Labute approximate surface area is 144 Å². The van der Waals surface area contributed by atoms with E-state index >= 15 is 0 Å². The lowest BCUT2D eigenvalue weighted by Gasteiger charge is -2.10. The number of methoxy groups -OCH3 is 2. The van der Waals surface area contributed by atoms with Gasteiger partial charge in [0, 0.05) is 6.54 Å². The van der Waals surface area contributed by atoms with Crippen molar-refractivity contribution in [3.63, 3.8) is 0 Å². The van der Waals surface area contributed by atoms with Crippen LogP contribution in [0, 0.1) is 5.82 Å². The van der Waals surface area contributed by atoms with Crippen LogP contribution < -0.4 is 20.1 Å². The molecule has 7 heteroatoms. The lowest BCUT2D eigenvalue weighted by Crippen LogP contribution is -2.36. The van der Waals surface area contributed by atoms with Crippen molar-refractivity contribution in [1.82, 2.24) is 5.32 Å². The molecule has 0 heterocycles. The van der Waals surface area contributed by atoms with E-state index in [4.69, 9.17) is 9.47 Å². The number of carbonyl (C=O) groups excluding carboxylic acids is 2. The molecule has 2 amide bonds. The van der Waals surface area contributed by atoms with Crippen LogP contribution in [0.15, 0.2) is 42.5 Å². The van der Waals surface area contributed by atoms with Crippen molar-refractivity contribution in [2.75, 3.05) is 26.1 Å². The predicted molar refractivity (Wildman–Crippen MR) is 91.3 cm³/mol. The smallest absolute Gasteiger partial charge is 0.313 e. The summed E-state index contributed by atoms with van der Waals surface area (Å²) < 4.78 is 23.8. The second-order valence-corrected chi connectivity index (χ2v) is 5.13. The van der Waals surface area contributed by atoms with E-state index in [1.54, 1.807) is 25.3 Å². The predicted octanol–water partition coefficient (Wildman–Crippen LogP) is 2.14. The quantitative estimate of drug-likeness (QED) is 0.786. The molecule has 2 aromatic rings. The van der Waals surface area contributed by atoms with E-state index < -0.39 is 17.6 Å². The first-order valence-corrected chi connectivity index (χ1v) is 7.59. The average Bonchev–Trinajstić information content (AvgIpc) is 2.63. The summed E-state index contributed by atoms with van der Waals surface area (Å²) in [5, 5.41) is 4.72. The number of anilines is 1. The molecule has 0 atom stereocenters. The number of hydrogen-bond acceptors (Lipinski definition) is 4. The van der Waals surface area contributed by atoms with Gasteiger partial charge in [-0.1, -0.05) is 18.2 Å². The molecule has 2 N–H and O–H groups in total. The number of rotatable bonds is 6. The van der Waals surface area contributed by atoms with E-state index in [0.717, 1.165) is 5.56 Å². The molecule has 0 aliphatic carbocycles. The van der Waals surface area contributed by atoms with Gasteiger partial charge in [-0.2, -0.15) is 0 Å². The number of para-hydroxylation sites is 1. The van der Waals surface area contributed by atoms with Crippen LogP contribution in [0.25, 0.3) is 0 Å². The fourth-order valence-electron chi connectivity index (χ4n) is 2.18. The Morgan fingerprint density at radius 1 is 1.00 bits per heavy atom. The first kappa shape index (κ1) is 18.3. The summed E-state index contributed by atoms with van der Waals surface area (Å²) in [5.41, 5.74) is 0.870. The highest BCUT2D eigenvalue weighted by Crippen LogP contribution is 2.27. The van der Waals surface area contributed by atoms with Gasteiger partial charge in [-0.15, -0.1) is 0 Å². The Morgan fingerprint density at radius 3 is 2.40 bits per heavy atom. The second-order valence-electron chi connectivity index (χ2n) is 5.13. The maximum atomic E-state index is 13.5. The Bertz CT molecular complexity index is 764. The minimum absolute atomic E-state index is 0.0393. The molecule has 0 aliphatic rings. The van der Waals surface area contributed by atoms with Crippen molar-refractivity contribution < 1.29 is 23.5 Å². The number of benzene rings is 2. The van der Waals surface area contributed by atoms with Crippen LogP contribution in [0.3, 0.4) is 0 Å². The summed E-state index contributed by atoms with van der Waals surface area (Å²) in [6.07, 6.45) is 0.499. The lowest BCUT2D eigenvalue weighted by atomic mass is 10.1. The molecule has 0 aliphatic heterocycles. The van der Waals surface area contributed by atoms with Crippen molar-refractivity contribution in [2.45, 2.75) is 6.42 Å². The topological polar surface area (TPSA) is 76.7 Å². The van der Waals surface area contributed by atoms with Gasteiger partial charge in [-0.3, -0.25) is 9.59 Å². The molecular formula is C18H19FN2O4. The maximum absolute atomic E-state index is 13.5. The van der Waals surface area contributed by atoms with Gasteiger partial charge in [-0.25, -0.2) is 4.39 Å². The molecule has 0 saturated heterocycles. The summed E-state index contributed by atoms with van der Waals surface area (Å²) in [5.74, 6) is -1.15. The van der Waals surface area contributed by atoms with Crippen molar-refractivity contribution >= 4 is 17.5 Å². The van der Waals surface area contributed by atoms with Crippen LogP contribution >= 0.6 is 0 Å². The van der Waals surface area contributed by atoms with E-state index in [0.29, 0.717) is 17.9 Å². The third kappa shape index (κ3) is 4.94. The summed E-state index contributed by atoms with van der Waals surface area (Å²) in [4.78, 5) is 23.5. The normalized spacial score (nSPS) is 10.0. The molecule has 0 fully saturated rings. The molecule has 0 saturated carbocycles. The molecule has 2 aromatic carbocycles. The fourth-order valence-corrected chi connectivity index (χ4v) is 2.18. The summed E-state index contributed by atoms with van der Waals surface area (Å²) in [6.45, 7) is 0.249. The van der Waals surface area contributed by atoms with Gasteiger partial charge in [0.15, 0.2) is 11.5 Å². The first-order chi connectivity index (χ1) is 12.0. The highest BCUT2D eigenvalue weighted by atomic mass is 19.1. The van der Waals surface area contributed by atoms with Crippen LogP contribution in [0.2, 0.25) is 0 Å². The molecule has 0 bridgehead atoms. The van der Waals surface area contributed by atoms with Gasteiger partial charge < -0.3 is 20.1 Å². The maximum Gasteiger partial charge on any atom is 0.313 e. The van der Waals surface area contributed by atoms with Gasteiger partial charge in [0.25, 0.3) is 0 Å². The van der Waals surface area contributed by atoms with Crippen LogP contribution in [0.5, 0.6) is 11.5 Å². The zero-order valence-electron chi connectivity index (χ0n) is 14.0. The number of carbonyl (C=O) groups is 2.